The van der Waals surface area contributed by atoms with Crippen molar-refractivity contribution in [2.75, 3.05) is 20.3 Å². The van der Waals surface area contributed by atoms with Gasteiger partial charge in [-0.05, 0) is 35.8 Å². The molecule has 0 heterocycles. The van der Waals surface area contributed by atoms with E-state index in [4.69, 9.17) is 13.9 Å². The van der Waals surface area contributed by atoms with Crippen molar-refractivity contribution in [3.63, 3.8) is 0 Å². The summed E-state index contributed by atoms with van der Waals surface area (Å²) in [6.07, 6.45) is -1.23. The first kappa shape index (κ1) is 23.1. The molecule has 2 N–H and O–H groups in total. The summed E-state index contributed by atoms with van der Waals surface area (Å²) in [6.45, 7) is 13.2. The SMILES string of the molecule is COc1ccc(COC[C@@H](O)[C@@H](O[Si](C)(C)C(C)(C)C)[C@H](C)CO)cc1. The molecule has 3 atom stereocenters. The molecule has 0 aliphatic rings. The summed E-state index contributed by atoms with van der Waals surface area (Å²) in [4.78, 5) is 0. The molecule has 0 saturated carbocycles. The third-order valence-corrected chi connectivity index (χ3v) is 9.66. The molecule has 26 heavy (non-hydrogen) atoms. The van der Waals surface area contributed by atoms with Crippen LogP contribution in [0.1, 0.15) is 33.3 Å². The Kier molecular flexibility index (Phi) is 8.76. The van der Waals surface area contributed by atoms with Crippen molar-refractivity contribution in [2.24, 2.45) is 5.92 Å². The number of aliphatic hydroxyl groups is 2. The van der Waals surface area contributed by atoms with Gasteiger partial charge in [0.2, 0.25) is 0 Å². The average molecular weight is 385 g/mol. The molecule has 6 heteroatoms. The van der Waals surface area contributed by atoms with E-state index in [0.717, 1.165) is 11.3 Å². The minimum absolute atomic E-state index is 0.0318. The monoisotopic (exact) mass is 384 g/mol. The van der Waals surface area contributed by atoms with Crippen LogP contribution in [0.15, 0.2) is 24.3 Å². The molecule has 1 aromatic carbocycles. The molecule has 0 aliphatic carbocycles. The second kappa shape index (κ2) is 9.85. The molecule has 0 amide bonds. The van der Waals surface area contributed by atoms with Gasteiger partial charge in [0.05, 0.1) is 26.4 Å². The lowest BCUT2D eigenvalue weighted by Crippen LogP contribution is -2.50. The summed E-state index contributed by atoms with van der Waals surface area (Å²) < 4.78 is 17.2. The Labute approximate surface area is 159 Å². The first-order chi connectivity index (χ1) is 12.0. The van der Waals surface area contributed by atoms with Gasteiger partial charge in [-0.1, -0.05) is 39.8 Å². The normalized spacial score (nSPS) is 16.2. The Morgan fingerprint density at radius 2 is 1.69 bits per heavy atom. The van der Waals surface area contributed by atoms with E-state index in [-0.39, 0.29) is 24.2 Å². The molecular formula is C20H36O5Si. The van der Waals surface area contributed by atoms with Crippen molar-refractivity contribution in [2.45, 2.75) is 64.6 Å². The number of ether oxygens (including phenoxy) is 2. The summed E-state index contributed by atoms with van der Waals surface area (Å²) in [5, 5.41) is 20.3. The molecule has 0 radical (unpaired) electrons. The van der Waals surface area contributed by atoms with E-state index in [2.05, 4.69) is 33.9 Å². The van der Waals surface area contributed by atoms with Crippen LogP contribution in [0.3, 0.4) is 0 Å². The third kappa shape index (κ3) is 6.67. The molecule has 0 fully saturated rings. The Balaban J connectivity index is 2.66. The summed E-state index contributed by atoms with van der Waals surface area (Å²) in [7, 11) is -0.432. The molecule has 1 aromatic rings. The van der Waals surface area contributed by atoms with Crippen molar-refractivity contribution < 1.29 is 24.1 Å². The molecule has 1 rings (SSSR count). The standard InChI is InChI=1S/C20H36O5Si/c1-15(12-21)19(25-26(6,7)20(2,3)4)18(22)14-24-13-16-8-10-17(23-5)11-9-16/h8-11,15,18-19,21-22H,12-14H2,1-7H3/t15-,18-,19+/m1/s1. The lowest BCUT2D eigenvalue weighted by molar-refractivity contribution is -0.0629. The quantitative estimate of drug-likeness (QED) is 0.603. The Bertz CT molecular complexity index is 524. The van der Waals surface area contributed by atoms with Crippen molar-refractivity contribution >= 4 is 8.32 Å². The van der Waals surface area contributed by atoms with E-state index in [1.165, 1.54) is 0 Å². The second-order valence-corrected chi connectivity index (χ2v) is 13.2. The molecule has 0 bridgehead atoms. The van der Waals surface area contributed by atoms with Gasteiger partial charge in [-0.3, -0.25) is 0 Å². The molecule has 0 saturated heterocycles. The average Bonchev–Trinajstić information content (AvgIpc) is 2.58. The molecule has 0 spiro atoms. The van der Waals surface area contributed by atoms with Crippen molar-refractivity contribution in [1.29, 1.82) is 0 Å². The number of hydrogen-bond donors (Lipinski definition) is 2. The predicted octanol–water partition coefficient (Wildman–Crippen LogP) is 3.59. The minimum Gasteiger partial charge on any atom is -0.497 e. The zero-order valence-electron chi connectivity index (χ0n) is 17.3. The van der Waals surface area contributed by atoms with E-state index in [1.54, 1.807) is 7.11 Å². The van der Waals surface area contributed by atoms with Crippen LogP contribution < -0.4 is 4.74 Å². The molecule has 0 unspecified atom stereocenters. The van der Waals surface area contributed by atoms with Gasteiger partial charge in [0.15, 0.2) is 8.32 Å². The topological polar surface area (TPSA) is 68.2 Å². The van der Waals surface area contributed by atoms with E-state index < -0.39 is 20.5 Å². The maximum absolute atomic E-state index is 10.6. The van der Waals surface area contributed by atoms with Gasteiger partial charge < -0.3 is 24.1 Å². The Morgan fingerprint density at radius 3 is 2.15 bits per heavy atom. The van der Waals surface area contributed by atoms with Gasteiger partial charge >= 0.3 is 0 Å². The number of aliphatic hydroxyl groups excluding tert-OH is 2. The molecule has 150 valence electrons. The number of hydrogen-bond acceptors (Lipinski definition) is 5. The highest BCUT2D eigenvalue weighted by Crippen LogP contribution is 2.38. The fourth-order valence-electron chi connectivity index (χ4n) is 2.31. The van der Waals surface area contributed by atoms with Gasteiger partial charge in [0.25, 0.3) is 0 Å². The van der Waals surface area contributed by atoms with Gasteiger partial charge in [0.1, 0.15) is 11.9 Å². The van der Waals surface area contributed by atoms with Crippen LogP contribution in [0.25, 0.3) is 0 Å². The summed E-state index contributed by atoms with van der Waals surface area (Å²) in [5.74, 6) is 0.636. The highest BCUT2D eigenvalue weighted by atomic mass is 28.4. The number of methoxy groups -OCH3 is 1. The van der Waals surface area contributed by atoms with Crippen LogP contribution in [-0.4, -0.2) is 51.1 Å². The Hall–Kier alpha value is -0.923. The van der Waals surface area contributed by atoms with Crippen LogP contribution in [0, 0.1) is 5.92 Å². The van der Waals surface area contributed by atoms with Gasteiger partial charge in [-0.25, -0.2) is 0 Å². The second-order valence-electron chi connectivity index (χ2n) is 8.43. The summed E-state index contributed by atoms with van der Waals surface area (Å²) in [6, 6.07) is 7.63. The highest BCUT2D eigenvalue weighted by molar-refractivity contribution is 6.74. The first-order valence-electron chi connectivity index (χ1n) is 9.19. The molecule has 0 aliphatic heterocycles. The zero-order chi connectivity index (χ0) is 20.0. The maximum atomic E-state index is 10.6. The highest BCUT2D eigenvalue weighted by Gasteiger charge is 2.41. The van der Waals surface area contributed by atoms with Crippen molar-refractivity contribution in [3.05, 3.63) is 29.8 Å². The van der Waals surface area contributed by atoms with Crippen LogP contribution in [0.2, 0.25) is 18.1 Å². The molecular weight excluding hydrogens is 348 g/mol. The van der Waals surface area contributed by atoms with Crippen molar-refractivity contribution in [1.82, 2.24) is 0 Å². The largest absolute Gasteiger partial charge is 0.497 e. The first-order valence-corrected chi connectivity index (χ1v) is 12.1. The van der Waals surface area contributed by atoms with Gasteiger partial charge in [-0.2, -0.15) is 0 Å². The van der Waals surface area contributed by atoms with E-state index >= 15 is 0 Å². The number of rotatable bonds is 10. The zero-order valence-corrected chi connectivity index (χ0v) is 18.3. The van der Waals surface area contributed by atoms with Crippen LogP contribution >= 0.6 is 0 Å². The summed E-state index contributed by atoms with van der Waals surface area (Å²) in [5.41, 5.74) is 1.01. The van der Waals surface area contributed by atoms with Gasteiger partial charge in [-0.15, -0.1) is 0 Å². The fourth-order valence-corrected chi connectivity index (χ4v) is 3.73. The lowest BCUT2D eigenvalue weighted by atomic mass is 10.0. The minimum atomic E-state index is -2.06. The van der Waals surface area contributed by atoms with Crippen LogP contribution in [-0.2, 0) is 15.8 Å². The maximum Gasteiger partial charge on any atom is 0.192 e. The van der Waals surface area contributed by atoms with E-state index in [1.807, 2.05) is 31.2 Å². The third-order valence-electron chi connectivity index (χ3n) is 5.18. The molecule has 0 aromatic heterocycles. The smallest absolute Gasteiger partial charge is 0.192 e. The van der Waals surface area contributed by atoms with E-state index in [9.17, 15) is 10.2 Å². The van der Waals surface area contributed by atoms with Crippen LogP contribution in [0.5, 0.6) is 5.75 Å². The summed E-state index contributed by atoms with van der Waals surface area (Å²) >= 11 is 0. The Morgan fingerprint density at radius 1 is 1.12 bits per heavy atom. The fraction of sp³-hybridized carbons (Fsp3) is 0.700. The van der Waals surface area contributed by atoms with Crippen LogP contribution in [0.4, 0.5) is 0 Å². The number of benzene rings is 1. The van der Waals surface area contributed by atoms with E-state index in [0.29, 0.717) is 6.61 Å². The van der Waals surface area contributed by atoms with Gasteiger partial charge in [0, 0.05) is 12.5 Å². The lowest BCUT2D eigenvalue weighted by Gasteiger charge is -2.42. The predicted molar refractivity (Wildman–Crippen MR) is 107 cm³/mol. The van der Waals surface area contributed by atoms with Crippen molar-refractivity contribution in [3.8, 4) is 5.75 Å². The molecule has 5 nitrogen and oxygen atoms in total.